The molecule has 1 aliphatic rings. The van der Waals surface area contributed by atoms with E-state index in [1.54, 1.807) is 0 Å². The predicted octanol–water partition coefficient (Wildman–Crippen LogP) is 4.25. The van der Waals surface area contributed by atoms with E-state index in [0.29, 0.717) is 0 Å². The van der Waals surface area contributed by atoms with Crippen LogP contribution in [0.3, 0.4) is 0 Å². The van der Waals surface area contributed by atoms with E-state index in [0.717, 1.165) is 17.3 Å². The summed E-state index contributed by atoms with van der Waals surface area (Å²) in [6.45, 7) is 9.45. The molecule has 0 aromatic heterocycles. The van der Waals surface area contributed by atoms with Gasteiger partial charge in [0, 0.05) is 0 Å². The summed E-state index contributed by atoms with van der Waals surface area (Å²) in [5.41, 5.74) is 0.754. The van der Waals surface area contributed by atoms with Gasteiger partial charge in [0.05, 0.1) is 0 Å². The van der Waals surface area contributed by atoms with E-state index in [9.17, 15) is 0 Å². The third-order valence-corrected chi connectivity index (χ3v) is 3.45. The molecule has 0 heterocycles. The first-order valence-corrected chi connectivity index (χ1v) is 5.58. The Morgan fingerprint density at radius 1 is 1.42 bits per heavy atom. The third-order valence-electron chi connectivity index (χ3n) is 3.45. The van der Waals surface area contributed by atoms with Gasteiger partial charge in [0.25, 0.3) is 0 Å². The van der Waals surface area contributed by atoms with E-state index >= 15 is 0 Å². The summed E-state index contributed by atoms with van der Waals surface area (Å²) in [7, 11) is 0. The maximum Gasteiger partial charge on any atom is -0.0295 e. The van der Waals surface area contributed by atoms with Crippen molar-refractivity contribution in [3.05, 3.63) is 0 Å². The molecule has 1 saturated carbocycles. The second-order valence-corrected chi connectivity index (χ2v) is 5.28. The lowest BCUT2D eigenvalue weighted by atomic mass is 9.96. The lowest BCUT2D eigenvalue weighted by Gasteiger charge is -2.10. The summed E-state index contributed by atoms with van der Waals surface area (Å²) < 4.78 is 0. The molecule has 0 saturated heterocycles. The quantitative estimate of drug-likeness (QED) is 0.575. The van der Waals surface area contributed by atoms with Crippen LogP contribution in [-0.4, -0.2) is 0 Å². The Hall–Kier alpha value is 0. The van der Waals surface area contributed by atoms with Gasteiger partial charge in [-0.15, -0.1) is 0 Å². The highest BCUT2D eigenvalue weighted by Gasteiger charge is 2.47. The Kier molecular flexibility index (Phi) is 3.20. The summed E-state index contributed by atoms with van der Waals surface area (Å²) in [6, 6.07) is 0. The highest BCUT2D eigenvalue weighted by molar-refractivity contribution is 4.97. The van der Waals surface area contributed by atoms with Gasteiger partial charge in [-0.1, -0.05) is 40.5 Å². The van der Waals surface area contributed by atoms with E-state index in [1.165, 1.54) is 32.1 Å². The predicted molar refractivity (Wildman–Crippen MR) is 55.2 cm³/mol. The smallest absolute Gasteiger partial charge is 0.0295 e. The Labute approximate surface area is 77.7 Å². The molecule has 0 aliphatic heterocycles. The van der Waals surface area contributed by atoms with Crippen LogP contribution in [0.4, 0.5) is 0 Å². The van der Waals surface area contributed by atoms with Gasteiger partial charge in [0.2, 0.25) is 0 Å². The molecule has 2 unspecified atom stereocenters. The molecule has 0 nitrogen and oxygen atoms in total. The third kappa shape index (κ3) is 2.50. The zero-order chi connectivity index (χ0) is 9.19. The van der Waals surface area contributed by atoms with E-state index in [1.807, 2.05) is 0 Å². The molecular weight excluding hydrogens is 144 g/mol. The second-order valence-electron chi connectivity index (χ2n) is 5.28. The molecule has 2 atom stereocenters. The maximum absolute atomic E-state index is 2.47. The fraction of sp³-hybridized carbons (Fsp3) is 1.00. The van der Waals surface area contributed by atoms with Gasteiger partial charge >= 0.3 is 0 Å². The fourth-order valence-corrected chi connectivity index (χ4v) is 2.37. The minimum Gasteiger partial charge on any atom is -0.0654 e. The topological polar surface area (TPSA) is 0 Å². The Morgan fingerprint density at radius 2 is 2.08 bits per heavy atom. The summed E-state index contributed by atoms with van der Waals surface area (Å²) in [4.78, 5) is 0. The maximum atomic E-state index is 2.47. The van der Waals surface area contributed by atoms with Gasteiger partial charge in [0.1, 0.15) is 0 Å². The Bertz CT molecular complexity index is 137. The molecule has 1 rings (SSSR count). The van der Waals surface area contributed by atoms with Crippen molar-refractivity contribution >= 4 is 0 Å². The van der Waals surface area contributed by atoms with E-state index in [2.05, 4.69) is 27.7 Å². The van der Waals surface area contributed by atoms with Crippen LogP contribution in [-0.2, 0) is 0 Å². The average Bonchev–Trinajstić information content (AvgIpc) is 2.58. The van der Waals surface area contributed by atoms with Crippen molar-refractivity contribution in [2.75, 3.05) is 0 Å². The molecule has 0 aromatic rings. The molecule has 12 heavy (non-hydrogen) atoms. The van der Waals surface area contributed by atoms with Crippen LogP contribution in [0.5, 0.6) is 0 Å². The highest BCUT2D eigenvalue weighted by atomic mass is 14.5. The van der Waals surface area contributed by atoms with E-state index in [4.69, 9.17) is 0 Å². The van der Waals surface area contributed by atoms with E-state index < -0.39 is 0 Å². The summed E-state index contributed by atoms with van der Waals surface area (Å²) in [5, 5.41) is 0. The van der Waals surface area contributed by atoms with Gasteiger partial charge in [-0.25, -0.2) is 0 Å². The fourth-order valence-electron chi connectivity index (χ4n) is 2.37. The highest BCUT2D eigenvalue weighted by Crippen LogP contribution is 2.57. The van der Waals surface area contributed by atoms with Crippen LogP contribution in [0.25, 0.3) is 0 Å². The van der Waals surface area contributed by atoms with Gasteiger partial charge in [-0.05, 0) is 36.5 Å². The first-order valence-electron chi connectivity index (χ1n) is 5.58. The van der Waals surface area contributed by atoms with Crippen molar-refractivity contribution in [3.8, 4) is 0 Å². The molecule has 1 fully saturated rings. The first-order chi connectivity index (χ1) is 5.58. The molecule has 72 valence electrons. The molecule has 0 aromatic carbocycles. The minimum absolute atomic E-state index is 0.754. The number of hydrogen-bond donors (Lipinski definition) is 0. The first kappa shape index (κ1) is 10.1. The zero-order valence-electron chi connectivity index (χ0n) is 9.19. The zero-order valence-corrected chi connectivity index (χ0v) is 9.19. The van der Waals surface area contributed by atoms with Crippen molar-refractivity contribution in [1.82, 2.24) is 0 Å². The largest absolute Gasteiger partial charge is 0.0654 e. The lowest BCUT2D eigenvalue weighted by molar-refractivity contribution is 0.416. The van der Waals surface area contributed by atoms with Gasteiger partial charge in [0.15, 0.2) is 0 Å². The molecule has 0 heteroatoms. The van der Waals surface area contributed by atoms with Crippen LogP contribution in [0.2, 0.25) is 0 Å². The SMILES string of the molecule is CCCC1(C)CC1CCC(C)C. The van der Waals surface area contributed by atoms with Crippen LogP contribution in [0, 0.1) is 17.3 Å². The van der Waals surface area contributed by atoms with Gasteiger partial charge in [-0.2, -0.15) is 0 Å². The van der Waals surface area contributed by atoms with Crippen molar-refractivity contribution < 1.29 is 0 Å². The van der Waals surface area contributed by atoms with Crippen molar-refractivity contribution in [1.29, 1.82) is 0 Å². The normalized spacial score (nSPS) is 34.2. The molecule has 0 spiro atoms. The summed E-state index contributed by atoms with van der Waals surface area (Å²) in [5.74, 6) is 1.97. The Balaban J connectivity index is 2.14. The van der Waals surface area contributed by atoms with Crippen LogP contribution >= 0.6 is 0 Å². The lowest BCUT2D eigenvalue weighted by Crippen LogP contribution is -1.98. The standard InChI is InChI=1S/C12H24/c1-5-8-12(4)9-11(12)7-6-10(2)3/h10-11H,5-9H2,1-4H3. The Morgan fingerprint density at radius 3 is 2.58 bits per heavy atom. The van der Waals surface area contributed by atoms with Gasteiger partial charge < -0.3 is 0 Å². The van der Waals surface area contributed by atoms with Gasteiger partial charge in [-0.3, -0.25) is 0 Å². The van der Waals surface area contributed by atoms with Crippen LogP contribution in [0.1, 0.15) is 59.8 Å². The molecule has 0 amide bonds. The monoisotopic (exact) mass is 168 g/mol. The molecule has 0 N–H and O–H groups in total. The number of rotatable bonds is 5. The summed E-state index contributed by atoms with van der Waals surface area (Å²) in [6.07, 6.45) is 7.25. The molecule has 0 bridgehead atoms. The average molecular weight is 168 g/mol. The minimum atomic E-state index is 0.754. The van der Waals surface area contributed by atoms with Crippen LogP contribution < -0.4 is 0 Å². The second kappa shape index (κ2) is 3.81. The van der Waals surface area contributed by atoms with E-state index in [-0.39, 0.29) is 0 Å². The molecule has 1 aliphatic carbocycles. The van der Waals surface area contributed by atoms with Crippen molar-refractivity contribution in [2.24, 2.45) is 17.3 Å². The molecule has 0 radical (unpaired) electrons. The molecular formula is C12H24. The summed E-state index contributed by atoms with van der Waals surface area (Å²) >= 11 is 0. The number of hydrogen-bond acceptors (Lipinski definition) is 0. The van der Waals surface area contributed by atoms with Crippen molar-refractivity contribution in [2.45, 2.75) is 59.8 Å². The van der Waals surface area contributed by atoms with Crippen molar-refractivity contribution in [3.63, 3.8) is 0 Å². The van der Waals surface area contributed by atoms with Crippen LogP contribution in [0.15, 0.2) is 0 Å².